The van der Waals surface area contributed by atoms with Gasteiger partial charge in [-0.1, -0.05) is 48.9 Å². The third kappa shape index (κ3) is 18.5. The predicted molar refractivity (Wildman–Crippen MR) is 293 cm³/mol. The van der Waals surface area contributed by atoms with Crippen LogP contribution in [0.4, 0.5) is 20.7 Å². The fraction of sp³-hybridized carbons (Fsp3) is 0.463. The summed E-state index contributed by atoms with van der Waals surface area (Å²) in [5, 5.41) is 35.7. The van der Waals surface area contributed by atoms with Crippen molar-refractivity contribution in [3.05, 3.63) is 97.1 Å². The largest absolute Gasteiger partial charge is 0.492 e. The number of nitrogens with zero attached hydrogens (tertiary/aromatic N) is 4. The summed E-state index contributed by atoms with van der Waals surface area (Å²) < 4.78 is 74.1. The highest BCUT2D eigenvalue weighted by molar-refractivity contribution is 7.84. The van der Waals surface area contributed by atoms with Gasteiger partial charge in [-0.15, -0.1) is 0 Å². The minimum absolute atomic E-state index is 0. The number of anilines is 2. The Morgan fingerprint density at radius 2 is 1.62 bits per heavy atom. The molecule has 82 heavy (non-hydrogen) atoms. The van der Waals surface area contributed by atoms with Crippen molar-refractivity contribution in [1.82, 2.24) is 25.1 Å². The third-order valence-corrected chi connectivity index (χ3v) is 13.3. The van der Waals surface area contributed by atoms with E-state index < -0.39 is 77.1 Å². The molecule has 2 aromatic carbocycles. The zero-order valence-electron chi connectivity index (χ0n) is 45.9. The molecule has 1 fully saturated rings. The number of fused-ring (bicyclic) bond motifs is 1. The molecule has 0 aliphatic carbocycles. The molecule has 0 bridgehead atoms. The maximum atomic E-state index is 15.2. The Bertz CT molecular complexity index is 3080. The number of ether oxygens (including phenoxy) is 5. The molecule has 6 atom stereocenters. The number of ketones is 1. The number of primary amides is 1. The number of carbonyl (C=O) groups excluding carboxylic acids is 6. The maximum Gasteiger partial charge on any atom is 0.333 e. The number of aromatic nitrogens is 3. The van der Waals surface area contributed by atoms with Gasteiger partial charge in [-0.25, -0.2) is 23.5 Å². The Kier molecular flexibility index (Phi) is 24.8. The number of halogens is 1. The molecule has 28 heteroatoms. The number of nitrogen functional groups attached to an aromatic ring is 1. The minimum Gasteiger partial charge on any atom is -0.492 e. The standard InChI is InChI=1S/C53H67FN10O16S.CH3/c1-4-78-40-9-5-8-38(54)37(40)15-12-35-29-64(52-48(70)47(69)41(80-52)30-79-81(57,73)74)51-45(35)49(55)59-31-62(51)28-33-10-13-36(14-11-33)60-50(71)34(7-6-19-58-53(56)72)27-39(65)46(32(2)3)61-42(66)18-21-75-23-25-77-26-24-76-22-20-63-43(67)16-17-44(63)68;/h5,8-11,13-14,16-17,29,31-32,34,41,46-48,52,55,69-70H,4,6-7,18-28,30H2,1-3H3,(H7,56,57,58,60,61,66,71,72,73,74);1H3/q;-1/p+1/t34-,41-,46+,47-,48-,52-;/m1./s1. The Hall–Kier alpha value is -7.46. The number of carbonyl (C=O) groups is 6. The second-order valence-corrected chi connectivity index (χ2v) is 20.3. The van der Waals surface area contributed by atoms with Crippen molar-refractivity contribution in [1.29, 1.82) is 0 Å². The number of nitrogens with two attached hydrogens (primary N) is 3. The average Bonchev–Trinajstić information content (AvgIpc) is 4.12. The summed E-state index contributed by atoms with van der Waals surface area (Å²) in [7, 11) is -4.45. The average molecular weight is 1170 g/mol. The van der Waals surface area contributed by atoms with E-state index in [2.05, 4.69) is 37.0 Å². The molecule has 26 nitrogen and oxygen atoms in total. The molecule has 2 aromatic heterocycles. The van der Waals surface area contributed by atoms with Crippen LogP contribution >= 0.6 is 0 Å². The molecule has 4 aromatic rings. The smallest absolute Gasteiger partial charge is 0.333 e. The molecule has 1 saturated heterocycles. The van der Waals surface area contributed by atoms with E-state index in [0.717, 1.165) is 4.90 Å². The number of aliphatic hydroxyl groups is 2. The molecule has 0 unspecified atom stereocenters. The van der Waals surface area contributed by atoms with Gasteiger partial charge in [0.15, 0.2) is 5.78 Å². The van der Waals surface area contributed by atoms with Crippen molar-refractivity contribution in [3.8, 4) is 17.6 Å². The molecule has 2 aliphatic rings. The van der Waals surface area contributed by atoms with Crippen LogP contribution in [0.1, 0.15) is 69.4 Å². The van der Waals surface area contributed by atoms with Gasteiger partial charge < -0.3 is 68.7 Å². The van der Waals surface area contributed by atoms with Crippen LogP contribution < -0.4 is 41.9 Å². The zero-order valence-corrected chi connectivity index (χ0v) is 46.7. The van der Waals surface area contributed by atoms with Crippen LogP contribution in [0, 0.1) is 36.9 Å². The van der Waals surface area contributed by atoms with Crippen LogP contribution in [-0.2, 0) is 64.0 Å². The first-order valence-corrected chi connectivity index (χ1v) is 27.4. The number of rotatable bonds is 31. The molecular formula is C54H71FN10O16S. The van der Waals surface area contributed by atoms with Gasteiger partial charge >= 0.3 is 16.3 Å². The Labute approximate surface area is 474 Å². The molecule has 0 saturated carbocycles. The van der Waals surface area contributed by atoms with E-state index in [4.69, 9.17) is 40.3 Å². The maximum absolute atomic E-state index is 15.2. The Morgan fingerprint density at radius 1 is 0.951 bits per heavy atom. The molecule has 6 amide bonds. The SMILES string of the molecule is CCOc1cccc(F)c1C#Cc1cn([C@@H]2O[C@H](COS(N)(=O)=O)[C@@H](O)[C@H]2O)c2c1c(N)nc[n+]2Cc1ccc(NC(=O)[C@H](CCCNC(N)=O)CC(=O)[C@@H](NC(=O)CCOCCOCCOCCN2C(=O)C=CC2=O)C(C)C)cc1.[CH3-]. The minimum atomic E-state index is -4.45. The van der Waals surface area contributed by atoms with Crippen LogP contribution in [0.5, 0.6) is 5.75 Å². The topological polar surface area (TPSA) is 371 Å². The molecule has 6 rings (SSSR count). The summed E-state index contributed by atoms with van der Waals surface area (Å²) in [5.41, 5.74) is 13.2. The lowest BCUT2D eigenvalue weighted by Gasteiger charge is -2.24. The highest BCUT2D eigenvalue weighted by Crippen LogP contribution is 2.35. The van der Waals surface area contributed by atoms with E-state index in [-0.39, 0.29) is 150 Å². The molecule has 446 valence electrons. The molecule has 4 heterocycles. The lowest BCUT2D eigenvalue weighted by molar-refractivity contribution is -0.668. The van der Waals surface area contributed by atoms with E-state index in [1.165, 1.54) is 41.4 Å². The van der Waals surface area contributed by atoms with Gasteiger partial charge in [-0.05, 0) is 55.5 Å². The van der Waals surface area contributed by atoms with Gasteiger partial charge in [0.2, 0.25) is 35.8 Å². The Morgan fingerprint density at radius 3 is 2.27 bits per heavy atom. The first kappa shape index (κ1) is 65.4. The number of aliphatic hydroxyl groups excluding tert-OH is 2. The van der Waals surface area contributed by atoms with Crippen LogP contribution in [-0.4, -0.2) is 159 Å². The van der Waals surface area contributed by atoms with Crippen LogP contribution in [0.2, 0.25) is 0 Å². The number of benzene rings is 2. The van der Waals surface area contributed by atoms with Crippen molar-refractivity contribution in [2.45, 2.75) is 83.6 Å². The highest BCUT2D eigenvalue weighted by Gasteiger charge is 2.47. The van der Waals surface area contributed by atoms with E-state index in [9.17, 15) is 47.4 Å². The van der Waals surface area contributed by atoms with Crippen molar-refractivity contribution in [2.75, 3.05) is 77.0 Å². The number of imide groups is 1. The highest BCUT2D eigenvalue weighted by atomic mass is 32.2. The quantitative estimate of drug-likeness (QED) is 0.0113. The normalized spacial score (nSPS) is 17.5. The summed E-state index contributed by atoms with van der Waals surface area (Å²) in [5.74, 6) is 1.95. The number of amides is 6. The van der Waals surface area contributed by atoms with Crippen molar-refractivity contribution >= 4 is 68.3 Å². The van der Waals surface area contributed by atoms with Gasteiger partial charge in [0.25, 0.3) is 11.8 Å². The molecule has 0 radical (unpaired) electrons. The van der Waals surface area contributed by atoms with Crippen LogP contribution in [0.3, 0.4) is 0 Å². The second kappa shape index (κ2) is 31.1. The van der Waals surface area contributed by atoms with E-state index in [0.29, 0.717) is 17.7 Å². The van der Waals surface area contributed by atoms with Crippen molar-refractivity contribution < 1.29 is 84.2 Å². The summed E-state index contributed by atoms with van der Waals surface area (Å²) in [6, 6.07) is 9.24. The van der Waals surface area contributed by atoms with Gasteiger partial charge in [0, 0.05) is 43.1 Å². The summed E-state index contributed by atoms with van der Waals surface area (Å²) in [6.07, 6.45) is -0.632. The van der Waals surface area contributed by atoms with E-state index >= 15 is 4.39 Å². The number of urea groups is 1. The fourth-order valence-corrected chi connectivity index (χ4v) is 9.10. The number of hydrogen-bond acceptors (Lipinski definition) is 18. The van der Waals surface area contributed by atoms with Gasteiger partial charge in [-0.3, -0.25) is 33.1 Å². The number of Topliss-reactive ketones (excluding diaryl/α,β-unsaturated/α-hetero) is 1. The predicted octanol–water partition coefficient (Wildman–Crippen LogP) is 0.650. The van der Waals surface area contributed by atoms with E-state index in [1.54, 1.807) is 55.7 Å². The van der Waals surface area contributed by atoms with E-state index in [1.807, 2.05) is 0 Å². The lowest BCUT2D eigenvalue weighted by atomic mass is 9.89. The zero-order chi connectivity index (χ0) is 58.8. The third-order valence-electron chi connectivity index (χ3n) is 12.8. The van der Waals surface area contributed by atoms with Crippen molar-refractivity contribution in [2.24, 2.45) is 22.7 Å². The van der Waals surface area contributed by atoms with Gasteiger partial charge in [-0.2, -0.15) is 8.42 Å². The fourth-order valence-electron chi connectivity index (χ4n) is 8.77. The first-order chi connectivity index (χ1) is 38.6. The summed E-state index contributed by atoms with van der Waals surface area (Å²) >= 11 is 0. The lowest BCUT2D eigenvalue weighted by Crippen LogP contribution is -2.45. The molecule has 0 spiro atoms. The van der Waals surface area contributed by atoms with Gasteiger partial charge in [0.1, 0.15) is 40.8 Å². The summed E-state index contributed by atoms with van der Waals surface area (Å²) in [6.45, 7) is 6.18. The Balaban J connectivity index is 0.0000123. The van der Waals surface area contributed by atoms with Crippen LogP contribution in [0.25, 0.3) is 11.0 Å². The van der Waals surface area contributed by atoms with Crippen molar-refractivity contribution in [3.63, 3.8) is 0 Å². The van der Waals surface area contributed by atoms with Crippen LogP contribution in [0.15, 0.2) is 67.1 Å². The number of nitrogens with one attached hydrogen (secondary N) is 3. The summed E-state index contributed by atoms with van der Waals surface area (Å²) in [4.78, 5) is 81.0. The van der Waals surface area contributed by atoms with Gasteiger partial charge in [0.05, 0.1) is 83.7 Å². The monoisotopic (exact) mass is 1170 g/mol. The first-order valence-electron chi connectivity index (χ1n) is 26.0. The molecule has 11 N–H and O–H groups in total. The molecular weight excluding hydrogens is 1100 g/mol. The number of hydrogen-bond donors (Lipinski definition) is 8. The molecule has 2 aliphatic heterocycles. The second-order valence-electron chi connectivity index (χ2n) is 19.1.